The Morgan fingerprint density at radius 2 is 1.72 bits per heavy atom. The van der Waals surface area contributed by atoms with Gasteiger partial charge in [0.1, 0.15) is 11.6 Å². The number of hydrogen-bond acceptors (Lipinski definition) is 4. The predicted molar refractivity (Wildman–Crippen MR) is 93.1 cm³/mol. The third-order valence-electron chi connectivity index (χ3n) is 4.19. The van der Waals surface area contributed by atoms with Gasteiger partial charge >= 0.3 is 0 Å². The van der Waals surface area contributed by atoms with Crippen molar-refractivity contribution in [1.29, 1.82) is 0 Å². The minimum Gasteiger partial charge on any atom is -0.367 e. The van der Waals surface area contributed by atoms with Gasteiger partial charge in [0, 0.05) is 38.7 Å². The van der Waals surface area contributed by atoms with Crippen LogP contribution < -0.4 is 10.2 Å². The summed E-state index contributed by atoms with van der Waals surface area (Å²) in [6.45, 7) is 4.47. The first kappa shape index (κ1) is 16.9. The molecule has 6 nitrogen and oxygen atoms in total. The van der Waals surface area contributed by atoms with Crippen molar-refractivity contribution in [1.82, 2.24) is 9.88 Å². The molecule has 0 bridgehead atoms. The van der Waals surface area contributed by atoms with Crippen molar-refractivity contribution in [3.63, 3.8) is 0 Å². The molecule has 25 heavy (non-hydrogen) atoms. The maximum atomic E-state index is 12.9. The lowest BCUT2D eigenvalue weighted by Crippen LogP contribution is -2.48. The van der Waals surface area contributed by atoms with E-state index in [1.54, 1.807) is 19.2 Å². The number of carbonyl (C=O) groups is 2. The molecule has 0 saturated carbocycles. The zero-order chi connectivity index (χ0) is 17.8. The van der Waals surface area contributed by atoms with E-state index in [1.165, 1.54) is 24.3 Å². The lowest BCUT2D eigenvalue weighted by Gasteiger charge is -2.35. The number of nitrogens with one attached hydrogen (secondary N) is 1. The quantitative estimate of drug-likeness (QED) is 0.928. The largest absolute Gasteiger partial charge is 0.367 e. The highest BCUT2D eigenvalue weighted by Crippen LogP contribution is 2.17. The Balaban J connectivity index is 1.60. The summed E-state index contributed by atoms with van der Waals surface area (Å²) in [7, 11) is 0. The van der Waals surface area contributed by atoms with Crippen LogP contribution in [0.15, 0.2) is 42.6 Å². The van der Waals surface area contributed by atoms with Gasteiger partial charge in [-0.25, -0.2) is 9.37 Å². The van der Waals surface area contributed by atoms with Crippen LogP contribution >= 0.6 is 0 Å². The van der Waals surface area contributed by atoms with Crippen molar-refractivity contribution < 1.29 is 14.0 Å². The zero-order valence-electron chi connectivity index (χ0n) is 13.9. The van der Waals surface area contributed by atoms with Gasteiger partial charge in [0.15, 0.2) is 0 Å². The van der Waals surface area contributed by atoms with Crippen molar-refractivity contribution in [2.24, 2.45) is 0 Å². The van der Waals surface area contributed by atoms with E-state index in [4.69, 9.17) is 0 Å². The maximum absolute atomic E-state index is 12.9. The molecule has 1 aromatic heterocycles. The summed E-state index contributed by atoms with van der Waals surface area (Å²) >= 11 is 0. The number of nitrogens with zero attached hydrogens (tertiary/aromatic N) is 3. The first-order chi connectivity index (χ1) is 12.0. The number of rotatable bonds is 3. The van der Waals surface area contributed by atoms with Gasteiger partial charge in [-0.15, -0.1) is 0 Å². The average Bonchev–Trinajstić information content (AvgIpc) is 2.63. The van der Waals surface area contributed by atoms with Gasteiger partial charge < -0.3 is 15.1 Å². The minimum absolute atomic E-state index is 0.0941. The van der Waals surface area contributed by atoms with Crippen LogP contribution in [0.25, 0.3) is 0 Å². The molecule has 2 aromatic rings. The summed E-state index contributed by atoms with van der Waals surface area (Å²) in [4.78, 5) is 31.7. The summed E-state index contributed by atoms with van der Waals surface area (Å²) in [5, 5.41) is 2.69. The van der Waals surface area contributed by atoms with Gasteiger partial charge in [-0.05, 0) is 36.4 Å². The number of hydrogen-bond donors (Lipinski definition) is 1. The number of amides is 2. The standard InChI is InChI=1S/C18H19FN4O2/c1-13(24)22-8-10-23(11-9-22)16-6-7-17(20-12-16)21-18(25)14-2-4-15(19)5-3-14/h2-7,12H,8-11H2,1H3,(H,20,21,25). The second-order valence-corrected chi connectivity index (χ2v) is 5.86. The Morgan fingerprint density at radius 1 is 1.04 bits per heavy atom. The molecule has 1 aliphatic heterocycles. The van der Waals surface area contributed by atoms with E-state index in [1.807, 2.05) is 11.0 Å². The van der Waals surface area contributed by atoms with Crippen LogP contribution in [0.5, 0.6) is 0 Å². The zero-order valence-corrected chi connectivity index (χ0v) is 13.9. The second kappa shape index (κ2) is 7.29. The fraction of sp³-hybridized carbons (Fsp3) is 0.278. The third-order valence-corrected chi connectivity index (χ3v) is 4.19. The first-order valence-corrected chi connectivity index (χ1v) is 8.06. The van der Waals surface area contributed by atoms with Crippen LogP contribution in [0, 0.1) is 5.82 Å². The summed E-state index contributed by atoms with van der Waals surface area (Å²) in [6, 6.07) is 8.95. The molecule has 1 saturated heterocycles. The molecule has 1 aliphatic rings. The number of anilines is 2. The molecule has 0 unspecified atom stereocenters. The lowest BCUT2D eigenvalue weighted by atomic mass is 10.2. The van der Waals surface area contributed by atoms with Crippen molar-refractivity contribution >= 4 is 23.3 Å². The molecule has 0 atom stereocenters. The molecule has 1 N–H and O–H groups in total. The first-order valence-electron chi connectivity index (χ1n) is 8.06. The van der Waals surface area contributed by atoms with Gasteiger partial charge in [-0.1, -0.05) is 0 Å². The molecule has 2 amide bonds. The lowest BCUT2D eigenvalue weighted by molar-refractivity contribution is -0.129. The molecular formula is C18H19FN4O2. The number of carbonyl (C=O) groups excluding carboxylic acids is 2. The highest BCUT2D eigenvalue weighted by Gasteiger charge is 2.19. The SMILES string of the molecule is CC(=O)N1CCN(c2ccc(NC(=O)c3ccc(F)cc3)nc2)CC1. The van der Waals surface area contributed by atoms with Crippen molar-refractivity contribution in [2.75, 3.05) is 36.4 Å². The Bertz CT molecular complexity index is 754. The van der Waals surface area contributed by atoms with Gasteiger partial charge in [0.2, 0.25) is 5.91 Å². The number of halogens is 1. The van der Waals surface area contributed by atoms with Crippen LogP contribution in [0.4, 0.5) is 15.9 Å². The Morgan fingerprint density at radius 3 is 2.28 bits per heavy atom. The van der Waals surface area contributed by atoms with E-state index in [-0.39, 0.29) is 17.6 Å². The molecule has 0 spiro atoms. The van der Waals surface area contributed by atoms with E-state index in [0.717, 1.165) is 18.8 Å². The van der Waals surface area contributed by atoms with Gasteiger partial charge in [-0.3, -0.25) is 9.59 Å². The van der Waals surface area contributed by atoms with E-state index in [2.05, 4.69) is 15.2 Å². The summed E-state index contributed by atoms with van der Waals surface area (Å²) in [5.41, 5.74) is 1.32. The highest BCUT2D eigenvalue weighted by atomic mass is 19.1. The highest BCUT2D eigenvalue weighted by molar-refractivity contribution is 6.03. The van der Waals surface area contributed by atoms with Crippen LogP contribution in [0.2, 0.25) is 0 Å². The number of pyridine rings is 1. The molecule has 0 radical (unpaired) electrons. The van der Waals surface area contributed by atoms with Crippen molar-refractivity contribution in [3.8, 4) is 0 Å². The van der Waals surface area contributed by atoms with E-state index < -0.39 is 0 Å². The monoisotopic (exact) mass is 342 g/mol. The Kier molecular flexibility index (Phi) is 4.92. The van der Waals surface area contributed by atoms with Crippen LogP contribution in [-0.4, -0.2) is 47.9 Å². The fourth-order valence-electron chi connectivity index (χ4n) is 2.72. The van der Waals surface area contributed by atoms with Crippen molar-refractivity contribution in [3.05, 3.63) is 54.0 Å². The molecule has 7 heteroatoms. The number of benzene rings is 1. The minimum atomic E-state index is -0.385. The van der Waals surface area contributed by atoms with Gasteiger partial charge in [-0.2, -0.15) is 0 Å². The smallest absolute Gasteiger partial charge is 0.256 e. The van der Waals surface area contributed by atoms with Crippen LogP contribution in [0.3, 0.4) is 0 Å². The van der Waals surface area contributed by atoms with E-state index >= 15 is 0 Å². The average molecular weight is 342 g/mol. The number of piperazine rings is 1. The molecular weight excluding hydrogens is 323 g/mol. The molecule has 0 aliphatic carbocycles. The molecule has 3 rings (SSSR count). The predicted octanol–water partition coefficient (Wildman–Crippen LogP) is 2.14. The Labute approximate surface area is 145 Å². The normalized spacial score (nSPS) is 14.3. The topological polar surface area (TPSA) is 65.5 Å². The third kappa shape index (κ3) is 4.12. The van der Waals surface area contributed by atoms with Gasteiger partial charge in [0.05, 0.1) is 11.9 Å². The van der Waals surface area contributed by atoms with Crippen molar-refractivity contribution in [2.45, 2.75) is 6.92 Å². The molecule has 2 heterocycles. The van der Waals surface area contributed by atoms with E-state index in [0.29, 0.717) is 24.5 Å². The second-order valence-electron chi connectivity index (χ2n) is 5.86. The summed E-state index contributed by atoms with van der Waals surface area (Å²) < 4.78 is 12.9. The maximum Gasteiger partial charge on any atom is 0.256 e. The van der Waals surface area contributed by atoms with Crippen LogP contribution in [0.1, 0.15) is 17.3 Å². The molecule has 1 aromatic carbocycles. The van der Waals surface area contributed by atoms with Gasteiger partial charge in [0.25, 0.3) is 5.91 Å². The van der Waals surface area contributed by atoms with E-state index in [9.17, 15) is 14.0 Å². The molecule has 130 valence electrons. The summed E-state index contributed by atoms with van der Waals surface area (Å²) in [5.74, 6) is -0.198. The van der Waals surface area contributed by atoms with Crippen LogP contribution in [-0.2, 0) is 4.79 Å². The summed E-state index contributed by atoms with van der Waals surface area (Å²) in [6.07, 6.45) is 1.70. The number of aromatic nitrogens is 1. The Hall–Kier alpha value is -2.96. The molecule has 1 fully saturated rings. The fourth-order valence-corrected chi connectivity index (χ4v) is 2.72.